The third-order valence-electron chi connectivity index (χ3n) is 6.91. The fourth-order valence-corrected chi connectivity index (χ4v) is 4.98. The van der Waals surface area contributed by atoms with Crippen LogP contribution in [0.15, 0.2) is 48.5 Å². The Balaban J connectivity index is 1.40. The van der Waals surface area contributed by atoms with E-state index in [1.54, 1.807) is 13.2 Å². The number of halogens is 3. The first-order valence-electron chi connectivity index (χ1n) is 11.6. The third kappa shape index (κ3) is 5.62. The summed E-state index contributed by atoms with van der Waals surface area (Å²) in [5.74, 6) is 0.915. The van der Waals surface area contributed by atoms with E-state index in [0.717, 1.165) is 57.6 Å². The lowest BCUT2D eigenvalue weighted by atomic mass is 10.0. The van der Waals surface area contributed by atoms with Gasteiger partial charge in [0.1, 0.15) is 5.75 Å². The van der Waals surface area contributed by atoms with Gasteiger partial charge in [0.15, 0.2) is 0 Å². The van der Waals surface area contributed by atoms with Crippen LogP contribution < -0.4 is 15.0 Å². The molecule has 0 amide bonds. The molecular weight excluding hydrogens is 429 g/mol. The molecule has 2 atom stereocenters. The molecule has 2 unspecified atom stereocenters. The fraction of sp³-hybridized carbons (Fsp3) is 0.520. The summed E-state index contributed by atoms with van der Waals surface area (Å²) in [4.78, 5) is 7.05. The minimum absolute atomic E-state index is 0.114. The fourth-order valence-electron chi connectivity index (χ4n) is 4.98. The van der Waals surface area contributed by atoms with Gasteiger partial charge in [0.25, 0.3) is 0 Å². The molecule has 33 heavy (non-hydrogen) atoms. The second kappa shape index (κ2) is 10.3. The highest BCUT2D eigenvalue weighted by Crippen LogP contribution is 2.33. The molecule has 0 saturated carbocycles. The minimum Gasteiger partial charge on any atom is -0.496 e. The average molecular weight is 463 g/mol. The van der Waals surface area contributed by atoms with Crippen LogP contribution >= 0.6 is 0 Å². The molecule has 0 radical (unpaired) electrons. The first-order valence-corrected chi connectivity index (χ1v) is 11.6. The predicted octanol–water partition coefficient (Wildman–Crippen LogP) is 3.70. The quantitative estimate of drug-likeness (QED) is 0.708. The summed E-state index contributed by atoms with van der Waals surface area (Å²) < 4.78 is 45.3. The summed E-state index contributed by atoms with van der Waals surface area (Å²) >= 11 is 0. The van der Waals surface area contributed by atoms with Crippen LogP contribution in [-0.2, 0) is 12.7 Å². The van der Waals surface area contributed by atoms with Crippen LogP contribution in [0.5, 0.6) is 5.75 Å². The molecule has 8 heteroatoms. The summed E-state index contributed by atoms with van der Waals surface area (Å²) in [5, 5.41) is 3.44. The SMILES string of the molecule is COc1ccccc1CN1CCN(C(C)C2CNCCN2c2cccc(C(F)(F)F)c2)CC1. The number of hydrogen-bond donors (Lipinski definition) is 1. The normalized spacial score (nSPS) is 21.7. The van der Waals surface area contributed by atoms with Gasteiger partial charge in [-0.15, -0.1) is 0 Å². The van der Waals surface area contributed by atoms with Crippen molar-refractivity contribution < 1.29 is 17.9 Å². The number of nitrogens with zero attached hydrogens (tertiary/aromatic N) is 3. The number of ether oxygens (including phenoxy) is 1. The Labute approximate surface area is 194 Å². The molecule has 0 aliphatic carbocycles. The number of rotatable bonds is 6. The Hall–Kier alpha value is -2.29. The molecule has 0 bridgehead atoms. The Morgan fingerprint density at radius 3 is 2.52 bits per heavy atom. The van der Waals surface area contributed by atoms with Crippen molar-refractivity contribution in [2.45, 2.75) is 31.7 Å². The van der Waals surface area contributed by atoms with Crippen molar-refractivity contribution in [3.8, 4) is 5.75 Å². The van der Waals surface area contributed by atoms with Crippen LogP contribution in [0.3, 0.4) is 0 Å². The van der Waals surface area contributed by atoms with E-state index in [4.69, 9.17) is 4.74 Å². The minimum atomic E-state index is -4.33. The van der Waals surface area contributed by atoms with Gasteiger partial charge in [0, 0.05) is 69.7 Å². The van der Waals surface area contributed by atoms with Crippen molar-refractivity contribution >= 4 is 5.69 Å². The van der Waals surface area contributed by atoms with Gasteiger partial charge in [-0.25, -0.2) is 0 Å². The van der Waals surface area contributed by atoms with Gasteiger partial charge in [-0.3, -0.25) is 9.80 Å². The van der Waals surface area contributed by atoms with Gasteiger partial charge in [0.05, 0.1) is 18.7 Å². The van der Waals surface area contributed by atoms with E-state index in [-0.39, 0.29) is 12.1 Å². The molecule has 4 rings (SSSR count). The van der Waals surface area contributed by atoms with Crippen LogP contribution in [0.25, 0.3) is 0 Å². The van der Waals surface area contributed by atoms with E-state index < -0.39 is 11.7 Å². The van der Waals surface area contributed by atoms with E-state index in [9.17, 15) is 13.2 Å². The molecule has 2 aromatic rings. The van der Waals surface area contributed by atoms with E-state index >= 15 is 0 Å². The zero-order valence-electron chi connectivity index (χ0n) is 19.3. The third-order valence-corrected chi connectivity index (χ3v) is 6.91. The predicted molar refractivity (Wildman–Crippen MR) is 125 cm³/mol. The van der Waals surface area contributed by atoms with Crippen molar-refractivity contribution in [2.75, 3.05) is 57.8 Å². The van der Waals surface area contributed by atoms with E-state index in [1.807, 2.05) is 18.2 Å². The molecule has 2 aliphatic heterocycles. The zero-order valence-corrected chi connectivity index (χ0v) is 19.3. The lowest BCUT2D eigenvalue weighted by Gasteiger charge is -2.47. The second-order valence-corrected chi connectivity index (χ2v) is 8.88. The lowest BCUT2D eigenvalue weighted by molar-refractivity contribution is -0.137. The summed E-state index contributed by atoms with van der Waals surface area (Å²) in [5.41, 5.74) is 1.25. The molecule has 2 fully saturated rings. The Morgan fingerprint density at radius 1 is 1.03 bits per heavy atom. The van der Waals surface area contributed by atoms with E-state index in [2.05, 4.69) is 33.0 Å². The van der Waals surface area contributed by atoms with E-state index in [0.29, 0.717) is 12.2 Å². The van der Waals surface area contributed by atoms with Gasteiger partial charge >= 0.3 is 6.18 Å². The second-order valence-electron chi connectivity index (χ2n) is 8.88. The molecule has 0 spiro atoms. The van der Waals surface area contributed by atoms with Crippen molar-refractivity contribution in [1.29, 1.82) is 0 Å². The molecule has 0 aromatic heterocycles. The van der Waals surface area contributed by atoms with Crippen molar-refractivity contribution in [1.82, 2.24) is 15.1 Å². The molecule has 5 nitrogen and oxygen atoms in total. The summed E-state index contributed by atoms with van der Waals surface area (Å²) in [7, 11) is 1.70. The van der Waals surface area contributed by atoms with Gasteiger partial charge in [-0.1, -0.05) is 24.3 Å². The first-order chi connectivity index (χ1) is 15.9. The average Bonchev–Trinajstić information content (AvgIpc) is 2.84. The number of benzene rings is 2. The van der Waals surface area contributed by atoms with Crippen LogP contribution in [-0.4, -0.2) is 74.8 Å². The Kier molecular flexibility index (Phi) is 7.46. The molecule has 2 saturated heterocycles. The Morgan fingerprint density at radius 2 is 1.79 bits per heavy atom. The highest BCUT2D eigenvalue weighted by molar-refractivity contribution is 5.51. The lowest BCUT2D eigenvalue weighted by Crippen LogP contribution is -2.62. The molecule has 2 aromatic carbocycles. The highest BCUT2D eigenvalue weighted by Gasteiger charge is 2.35. The van der Waals surface area contributed by atoms with Crippen LogP contribution in [0.1, 0.15) is 18.1 Å². The maximum Gasteiger partial charge on any atom is 0.416 e. The molecular formula is C25H33F3N4O. The van der Waals surface area contributed by atoms with Crippen molar-refractivity contribution in [2.24, 2.45) is 0 Å². The van der Waals surface area contributed by atoms with Crippen LogP contribution in [0.4, 0.5) is 18.9 Å². The topological polar surface area (TPSA) is 31.0 Å². The zero-order chi connectivity index (χ0) is 23.4. The van der Waals surface area contributed by atoms with Gasteiger partial charge < -0.3 is 15.0 Å². The molecule has 1 N–H and O–H groups in total. The summed E-state index contributed by atoms with van der Waals surface area (Å²) in [6.45, 7) is 9.06. The van der Waals surface area contributed by atoms with Gasteiger partial charge in [-0.05, 0) is 31.2 Å². The molecule has 180 valence electrons. The monoisotopic (exact) mass is 462 g/mol. The largest absolute Gasteiger partial charge is 0.496 e. The van der Waals surface area contributed by atoms with Crippen LogP contribution in [0, 0.1) is 0 Å². The smallest absolute Gasteiger partial charge is 0.416 e. The molecule has 2 aliphatic rings. The maximum atomic E-state index is 13.3. The maximum absolute atomic E-state index is 13.3. The number of methoxy groups -OCH3 is 1. The number of nitrogens with one attached hydrogen (secondary N) is 1. The van der Waals surface area contributed by atoms with E-state index in [1.165, 1.54) is 17.7 Å². The first kappa shape index (κ1) is 23.9. The highest BCUT2D eigenvalue weighted by atomic mass is 19.4. The Bertz CT molecular complexity index is 915. The van der Waals surface area contributed by atoms with Crippen LogP contribution in [0.2, 0.25) is 0 Å². The number of para-hydroxylation sites is 1. The number of anilines is 1. The molecule has 2 heterocycles. The number of piperazine rings is 2. The standard InChI is InChI=1S/C25H33F3N4O/c1-19(31-14-12-30(13-15-31)18-20-6-3-4-9-24(20)33-2)23-17-29-10-11-32(23)22-8-5-7-21(16-22)25(26,27)28/h3-9,16,19,23,29H,10-15,17-18H2,1-2H3. The summed E-state index contributed by atoms with van der Waals surface area (Å²) in [6.07, 6.45) is -4.33. The number of hydrogen-bond acceptors (Lipinski definition) is 5. The van der Waals surface area contributed by atoms with Gasteiger partial charge in [0.2, 0.25) is 0 Å². The van der Waals surface area contributed by atoms with Crippen molar-refractivity contribution in [3.63, 3.8) is 0 Å². The van der Waals surface area contributed by atoms with Gasteiger partial charge in [-0.2, -0.15) is 13.2 Å². The summed E-state index contributed by atoms with van der Waals surface area (Å²) in [6, 6.07) is 14.2. The number of alkyl halides is 3. The van der Waals surface area contributed by atoms with Crippen molar-refractivity contribution in [3.05, 3.63) is 59.7 Å².